The van der Waals surface area contributed by atoms with Crippen LogP contribution in [0.15, 0.2) is 12.2 Å². The van der Waals surface area contributed by atoms with E-state index in [1.54, 1.807) is 21.1 Å². The minimum Gasteiger partial charge on any atom is -0.544 e. The van der Waals surface area contributed by atoms with E-state index in [-0.39, 0.29) is 42.7 Å². The Morgan fingerprint density at radius 3 is 1.32 bits per heavy atom. The lowest BCUT2D eigenvalue weighted by Crippen LogP contribution is -2.55. The lowest BCUT2D eigenvalue weighted by Gasteiger charge is -2.34. The molecule has 0 saturated heterocycles. The zero-order valence-electron chi connectivity index (χ0n) is 37.6. The molecule has 0 aliphatic carbocycles. The van der Waals surface area contributed by atoms with Crippen LogP contribution in [0.5, 0.6) is 0 Å². The van der Waals surface area contributed by atoms with E-state index in [0.717, 1.165) is 51.4 Å². The summed E-state index contributed by atoms with van der Waals surface area (Å²) in [5, 5.41) is 11.6. The topological polar surface area (TPSA) is 102 Å². The third kappa shape index (κ3) is 37.6. The summed E-state index contributed by atoms with van der Waals surface area (Å²) in [6.07, 6.45) is 42.4. The maximum absolute atomic E-state index is 12.7. The monoisotopic (exact) mass is 794 g/mol. The first kappa shape index (κ1) is 54.1. The smallest absolute Gasteiger partial charge is 0.306 e. The van der Waals surface area contributed by atoms with Crippen molar-refractivity contribution >= 4 is 17.9 Å². The number of hydrogen-bond donors (Lipinski definition) is 0. The molecule has 0 bridgehead atoms. The molecule has 0 amide bonds. The molecule has 0 saturated carbocycles. The first-order valence-corrected chi connectivity index (χ1v) is 23.7. The van der Waals surface area contributed by atoms with E-state index in [4.69, 9.17) is 14.2 Å². The molecule has 2 unspecified atom stereocenters. The Bertz CT molecular complexity index is 931. The number of rotatable bonds is 43. The van der Waals surface area contributed by atoms with Crippen molar-refractivity contribution in [3.63, 3.8) is 0 Å². The Morgan fingerprint density at radius 1 is 0.518 bits per heavy atom. The average molecular weight is 794 g/mol. The van der Waals surface area contributed by atoms with Gasteiger partial charge in [0.1, 0.15) is 12.6 Å². The van der Waals surface area contributed by atoms with Crippen LogP contribution in [0.25, 0.3) is 0 Å². The van der Waals surface area contributed by atoms with E-state index in [9.17, 15) is 19.5 Å². The van der Waals surface area contributed by atoms with E-state index < -0.39 is 18.1 Å². The number of aliphatic carboxylic acids is 1. The number of carboxylic acids is 1. The summed E-state index contributed by atoms with van der Waals surface area (Å²) < 4.78 is 17.2. The van der Waals surface area contributed by atoms with E-state index in [1.165, 1.54) is 141 Å². The van der Waals surface area contributed by atoms with Gasteiger partial charge >= 0.3 is 11.9 Å². The van der Waals surface area contributed by atoms with Gasteiger partial charge in [-0.1, -0.05) is 180 Å². The van der Waals surface area contributed by atoms with Gasteiger partial charge in [0.2, 0.25) is 0 Å². The van der Waals surface area contributed by atoms with Gasteiger partial charge in [0.25, 0.3) is 0 Å². The van der Waals surface area contributed by atoms with Crippen LogP contribution in [0, 0.1) is 0 Å². The Morgan fingerprint density at radius 2 is 0.893 bits per heavy atom. The molecular weight excluding hydrogens is 703 g/mol. The van der Waals surface area contributed by atoms with Crippen LogP contribution in [0.3, 0.4) is 0 Å². The molecule has 0 N–H and O–H groups in total. The average Bonchev–Trinajstić information content (AvgIpc) is 3.15. The van der Waals surface area contributed by atoms with Crippen molar-refractivity contribution in [2.45, 2.75) is 238 Å². The van der Waals surface area contributed by atoms with Crippen LogP contribution < -0.4 is 5.11 Å². The van der Waals surface area contributed by atoms with E-state index in [0.29, 0.717) is 12.8 Å². The lowest BCUT2D eigenvalue weighted by molar-refractivity contribution is -0.889. The summed E-state index contributed by atoms with van der Waals surface area (Å²) in [4.78, 5) is 36.9. The minimum atomic E-state index is -1.12. The van der Waals surface area contributed by atoms with Crippen LogP contribution in [0.4, 0.5) is 0 Å². The molecule has 0 rings (SSSR count). The number of esters is 2. The number of nitrogens with zero attached hydrogens (tertiary/aromatic N) is 1. The minimum absolute atomic E-state index is 0.0439. The van der Waals surface area contributed by atoms with Crippen LogP contribution in [-0.4, -0.2) is 75.5 Å². The quantitative estimate of drug-likeness (QED) is 0.0262. The normalized spacial score (nSPS) is 12.9. The maximum Gasteiger partial charge on any atom is 0.306 e. The highest BCUT2D eigenvalue weighted by Gasteiger charge is 2.25. The Hall–Kier alpha value is -1.93. The number of allylic oxidation sites excluding steroid dienone is 2. The number of quaternary nitrogens is 1. The highest BCUT2D eigenvalue weighted by atomic mass is 16.6. The van der Waals surface area contributed by atoms with Gasteiger partial charge in [-0.3, -0.25) is 9.59 Å². The molecule has 2 atom stereocenters. The van der Waals surface area contributed by atoms with E-state index >= 15 is 0 Å². The van der Waals surface area contributed by atoms with Gasteiger partial charge in [-0.05, 0) is 38.5 Å². The predicted octanol–water partition coefficient (Wildman–Crippen LogP) is 11.8. The van der Waals surface area contributed by atoms with Gasteiger partial charge in [0.05, 0.1) is 40.3 Å². The third-order valence-electron chi connectivity index (χ3n) is 10.9. The second-order valence-electron chi connectivity index (χ2n) is 17.4. The lowest BCUT2D eigenvalue weighted by atomic mass is 10.0. The van der Waals surface area contributed by atoms with Crippen LogP contribution in [-0.2, 0) is 28.6 Å². The maximum atomic E-state index is 12.7. The number of hydrogen-bond acceptors (Lipinski definition) is 7. The number of unbranched alkanes of at least 4 members (excludes halogenated alkanes) is 27. The van der Waals surface area contributed by atoms with E-state index in [2.05, 4.69) is 26.0 Å². The number of carboxylic acid groups (broad SMARTS) is 1. The number of ether oxygens (including phenoxy) is 3. The standard InChI is InChI=1S/C48H91NO7/c1-6-8-10-12-14-16-18-20-21-22-23-24-25-26-27-29-31-33-35-37-39-47(51)56-44(42-54-41-40-45(48(52)53)49(3,4)5)43-55-46(50)38-36-34-32-30-28-19-17-15-13-11-9-7-2/h15,17,44-45H,6-14,16,18-43H2,1-5H3/b17-15+. The van der Waals surface area contributed by atoms with Gasteiger partial charge in [-0.25, -0.2) is 0 Å². The number of likely N-dealkylation sites (N-methyl/N-ethyl adjacent to an activating group) is 1. The molecule has 0 fully saturated rings. The molecule has 0 aromatic heterocycles. The van der Waals surface area contributed by atoms with Crippen molar-refractivity contribution in [2.75, 3.05) is 41.0 Å². The highest BCUT2D eigenvalue weighted by Crippen LogP contribution is 2.16. The van der Waals surface area contributed by atoms with Gasteiger partial charge in [0.15, 0.2) is 6.10 Å². The fraction of sp³-hybridized carbons (Fsp3) is 0.896. The molecule has 0 heterocycles. The molecule has 8 heteroatoms. The molecule has 56 heavy (non-hydrogen) atoms. The van der Waals surface area contributed by atoms with Crippen LogP contribution in [0.1, 0.15) is 226 Å². The zero-order chi connectivity index (χ0) is 41.4. The van der Waals surface area contributed by atoms with Crippen LogP contribution >= 0.6 is 0 Å². The fourth-order valence-electron chi connectivity index (χ4n) is 7.18. The number of carbonyl (C=O) groups excluding carboxylic acids is 3. The molecular formula is C48H91NO7. The Balaban J connectivity index is 4.22. The summed E-state index contributed by atoms with van der Waals surface area (Å²) in [6, 6.07) is -0.722. The van der Waals surface area contributed by atoms with Crippen molar-refractivity contribution in [1.82, 2.24) is 0 Å². The van der Waals surface area contributed by atoms with Crippen molar-refractivity contribution in [1.29, 1.82) is 0 Å². The van der Waals surface area contributed by atoms with Gasteiger partial charge in [-0.2, -0.15) is 0 Å². The molecule has 8 nitrogen and oxygen atoms in total. The molecule has 0 aliphatic heterocycles. The summed E-state index contributed by atoms with van der Waals surface area (Å²) in [5.41, 5.74) is 0. The fourth-order valence-corrected chi connectivity index (χ4v) is 7.18. The van der Waals surface area contributed by atoms with Crippen molar-refractivity contribution in [3.8, 4) is 0 Å². The Kier molecular flexibility index (Phi) is 38.5. The predicted molar refractivity (Wildman–Crippen MR) is 231 cm³/mol. The third-order valence-corrected chi connectivity index (χ3v) is 10.9. The SMILES string of the molecule is CCCCC/C=C/CCCCCCCC(=O)OCC(COCCC(C(=O)[O-])[N+](C)(C)C)OC(=O)CCCCCCCCCCCCCCCCCCCCCC. The zero-order valence-corrected chi connectivity index (χ0v) is 37.6. The second-order valence-corrected chi connectivity index (χ2v) is 17.4. The second kappa shape index (κ2) is 39.9. The summed E-state index contributed by atoms with van der Waals surface area (Å²) in [5.74, 6) is -1.73. The molecule has 0 aromatic carbocycles. The van der Waals surface area contributed by atoms with Crippen molar-refractivity contribution in [2.24, 2.45) is 0 Å². The van der Waals surface area contributed by atoms with Crippen molar-refractivity contribution in [3.05, 3.63) is 12.2 Å². The van der Waals surface area contributed by atoms with Gasteiger partial charge < -0.3 is 28.6 Å². The molecule has 0 aliphatic rings. The highest BCUT2D eigenvalue weighted by molar-refractivity contribution is 5.70. The molecule has 0 aromatic rings. The summed E-state index contributed by atoms with van der Waals surface area (Å²) >= 11 is 0. The number of carbonyl (C=O) groups is 3. The van der Waals surface area contributed by atoms with Gasteiger partial charge in [-0.15, -0.1) is 0 Å². The molecule has 0 spiro atoms. The molecule has 0 radical (unpaired) electrons. The summed E-state index contributed by atoms with van der Waals surface area (Å²) in [7, 11) is 5.41. The molecule has 330 valence electrons. The van der Waals surface area contributed by atoms with Gasteiger partial charge in [0, 0.05) is 19.3 Å². The first-order valence-electron chi connectivity index (χ1n) is 23.7. The van der Waals surface area contributed by atoms with Crippen LogP contribution in [0.2, 0.25) is 0 Å². The largest absolute Gasteiger partial charge is 0.544 e. The first-order chi connectivity index (χ1) is 27.1. The van der Waals surface area contributed by atoms with E-state index in [1.807, 2.05) is 0 Å². The summed E-state index contributed by atoms with van der Waals surface area (Å²) in [6.45, 7) is 4.66. The van der Waals surface area contributed by atoms with Crippen molar-refractivity contribution < 1.29 is 38.2 Å². The Labute approximate surface area is 346 Å².